The van der Waals surface area contributed by atoms with Gasteiger partial charge < -0.3 is 5.11 Å². The van der Waals surface area contributed by atoms with Crippen LogP contribution in [0.3, 0.4) is 0 Å². The van der Waals surface area contributed by atoms with Crippen LogP contribution in [0.25, 0.3) is 22.2 Å². The minimum absolute atomic E-state index is 0.0401. The van der Waals surface area contributed by atoms with Crippen molar-refractivity contribution in [2.24, 2.45) is 0 Å². The zero-order valence-electron chi connectivity index (χ0n) is 10.7. The second-order valence-electron chi connectivity index (χ2n) is 4.47. The van der Waals surface area contributed by atoms with Crippen molar-refractivity contribution in [2.45, 2.75) is 0 Å². The molecule has 21 heavy (non-hydrogen) atoms. The second kappa shape index (κ2) is 4.94. The molecular weight excluding hydrogens is 276 g/mol. The number of fused-ring (bicyclic) bond motifs is 1. The molecular formula is C16H9F2NO2. The molecule has 0 unspecified atom stereocenters. The maximum Gasteiger partial charge on any atom is 0.336 e. The number of halogens is 2. The van der Waals surface area contributed by atoms with Crippen LogP contribution in [0.15, 0.2) is 48.5 Å². The summed E-state index contributed by atoms with van der Waals surface area (Å²) in [7, 11) is 0. The summed E-state index contributed by atoms with van der Waals surface area (Å²) in [6.07, 6.45) is 0. The van der Waals surface area contributed by atoms with Crippen molar-refractivity contribution in [3.8, 4) is 11.3 Å². The van der Waals surface area contributed by atoms with Gasteiger partial charge >= 0.3 is 5.97 Å². The first-order valence-corrected chi connectivity index (χ1v) is 6.15. The molecule has 3 aromatic rings. The number of para-hydroxylation sites is 1. The third-order valence-corrected chi connectivity index (χ3v) is 3.17. The Balaban J connectivity index is 2.37. The Morgan fingerprint density at radius 2 is 1.67 bits per heavy atom. The van der Waals surface area contributed by atoms with Gasteiger partial charge in [0.15, 0.2) is 0 Å². The van der Waals surface area contributed by atoms with E-state index in [9.17, 15) is 18.7 Å². The van der Waals surface area contributed by atoms with E-state index in [1.165, 1.54) is 12.1 Å². The number of aromatic carboxylic acids is 1. The molecule has 0 aliphatic heterocycles. The van der Waals surface area contributed by atoms with E-state index < -0.39 is 17.6 Å². The highest BCUT2D eigenvalue weighted by Gasteiger charge is 2.17. The van der Waals surface area contributed by atoms with Gasteiger partial charge in [-0.2, -0.15) is 0 Å². The molecule has 0 fully saturated rings. The smallest absolute Gasteiger partial charge is 0.336 e. The Bertz CT molecular complexity index is 842. The fourth-order valence-electron chi connectivity index (χ4n) is 2.22. The van der Waals surface area contributed by atoms with Crippen LogP contribution in [-0.2, 0) is 0 Å². The van der Waals surface area contributed by atoms with Crippen LogP contribution >= 0.6 is 0 Å². The maximum atomic E-state index is 13.8. The number of carboxylic acids is 1. The molecule has 1 aromatic heterocycles. The fraction of sp³-hybridized carbons (Fsp3) is 0. The molecule has 1 heterocycles. The summed E-state index contributed by atoms with van der Waals surface area (Å²) in [6.45, 7) is 0. The van der Waals surface area contributed by atoms with E-state index in [2.05, 4.69) is 4.98 Å². The molecule has 0 amide bonds. The Kier molecular flexibility index (Phi) is 3.10. The standard InChI is InChI=1S/C16H9F2NO2/c17-11-5-3-6-12(18)15(11)14-8-10(16(20)21)9-4-1-2-7-13(9)19-14/h1-8H,(H,20,21). The molecule has 0 radical (unpaired) electrons. The molecule has 1 N–H and O–H groups in total. The first-order chi connectivity index (χ1) is 10.1. The number of hydrogen-bond donors (Lipinski definition) is 1. The van der Waals surface area contributed by atoms with Crippen molar-refractivity contribution in [3.63, 3.8) is 0 Å². The topological polar surface area (TPSA) is 50.2 Å². The summed E-state index contributed by atoms with van der Waals surface area (Å²) in [5.74, 6) is -2.74. The second-order valence-corrected chi connectivity index (χ2v) is 4.47. The highest BCUT2D eigenvalue weighted by Crippen LogP contribution is 2.28. The predicted octanol–water partition coefficient (Wildman–Crippen LogP) is 3.88. The molecule has 3 nitrogen and oxygen atoms in total. The highest BCUT2D eigenvalue weighted by atomic mass is 19.1. The molecule has 5 heteroatoms. The largest absolute Gasteiger partial charge is 0.478 e. The number of carboxylic acid groups (broad SMARTS) is 1. The van der Waals surface area contributed by atoms with Gasteiger partial charge in [0.2, 0.25) is 0 Å². The molecule has 0 aliphatic rings. The Morgan fingerprint density at radius 3 is 2.33 bits per heavy atom. The van der Waals surface area contributed by atoms with Gasteiger partial charge in [-0.1, -0.05) is 24.3 Å². The number of hydrogen-bond acceptors (Lipinski definition) is 2. The van der Waals surface area contributed by atoms with Gasteiger partial charge in [-0.3, -0.25) is 0 Å². The van der Waals surface area contributed by atoms with Gasteiger partial charge in [-0.15, -0.1) is 0 Å². The monoisotopic (exact) mass is 285 g/mol. The molecule has 3 rings (SSSR count). The van der Waals surface area contributed by atoms with Gasteiger partial charge in [-0.25, -0.2) is 18.6 Å². The first kappa shape index (κ1) is 13.2. The number of aromatic nitrogens is 1. The molecule has 0 saturated carbocycles. The minimum Gasteiger partial charge on any atom is -0.478 e. The Hall–Kier alpha value is -2.82. The Morgan fingerprint density at radius 1 is 1.00 bits per heavy atom. The maximum absolute atomic E-state index is 13.8. The molecule has 0 aliphatic carbocycles. The lowest BCUT2D eigenvalue weighted by Gasteiger charge is -2.08. The van der Waals surface area contributed by atoms with Crippen molar-refractivity contribution >= 4 is 16.9 Å². The zero-order valence-corrected chi connectivity index (χ0v) is 10.7. The van der Waals surface area contributed by atoms with Gasteiger partial charge in [0, 0.05) is 5.39 Å². The summed E-state index contributed by atoms with van der Waals surface area (Å²) in [4.78, 5) is 15.5. The Labute approximate surface area is 118 Å². The summed E-state index contributed by atoms with van der Waals surface area (Å²) in [5, 5.41) is 9.70. The SMILES string of the molecule is O=C(O)c1cc(-c2c(F)cccc2F)nc2ccccc12. The highest BCUT2D eigenvalue weighted by molar-refractivity contribution is 6.03. The predicted molar refractivity (Wildman–Crippen MR) is 74.1 cm³/mol. The van der Waals surface area contributed by atoms with Gasteiger partial charge in [0.25, 0.3) is 0 Å². The van der Waals surface area contributed by atoms with Crippen LogP contribution in [0.4, 0.5) is 8.78 Å². The van der Waals surface area contributed by atoms with Crippen molar-refractivity contribution in [2.75, 3.05) is 0 Å². The van der Waals surface area contributed by atoms with E-state index in [-0.39, 0.29) is 16.8 Å². The van der Waals surface area contributed by atoms with Crippen molar-refractivity contribution in [3.05, 3.63) is 65.7 Å². The van der Waals surface area contributed by atoms with Crippen LogP contribution < -0.4 is 0 Å². The van der Waals surface area contributed by atoms with Gasteiger partial charge in [0.1, 0.15) is 11.6 Å². The minimum atomic E-state index is -1.17. The number of nitrogens with zero attached hydrogens (tertiary/aromatic N) is 1. The lowest BCUT2D eigenvalue weighted by atomic mass is 10.0. The van der Waals surface area contributed by atoms with E-state index in [0.29, 0.717) is 10.9 Å². The first-order valence-electron chi connectivity index (χ1n) is 6.15. The molecule has 2 aromatic carbocycles. The quantitative estimate of drug-likeness (QED) is 0.777. The van der Waals surface area contributed by atoms with E-state index in [0.717, 1.165) is 12.1 Å². The van der Waals surface area contributed by atoms with Crippen LogP contribution in [0.1, 0.15) is 10.4 Å². The normalized spacial score (nSPS) is 10.8. The zero-order chi connectivity index (χ0) is 15.0. The fourth-order valence-corrected chi connectivity index (χ4v) is 2.22. The van der Waals surface area contributed by atoms with Crippen LogP contribution in [0.5, 0.6) is 0 Å². The van der Waals surface area contributed by atoms with E-state index >= 15 is 0 Å². The van der Waals surface area contributed by atoms with Crippen LogP contribution in [-0.4, -0.2) is 16.1 Å². The molecule has 0 atom stereocenters. The average Bonchev–Trinajstić information content (AvgIpc) is 2.46. The number of carbonyl (C=O) groups is 1. The number of benzene rings is 2. The van der Waals surface area contributed by atoms with E-state index in [1.807, 2.05) is 0 Å². The van der Waals surface area contributed by atoms with Crippen molar-refractivity contribution < 1.29 is 18.7 Å². The summed E-state index contributed by atoms with van der Waals surface area (Å²) < 4.78 is 27.7. The van der Waals surface area contributed by atoms with Crippen LogP contribution in [0, 0.1) is 11.6 Å². The van der Waals surface area contributed by atoms with Gasteiger partial charge in [-0.05, 0) is 24.3 Å². The van der Waals surface area contributed by atoms with Crippen LogP contribution in [0.2, 0.25) is 0 Å². The van der Waals surface area contributed by atoms with Gasteiger partial charge in [0.05, 0.1) is 22.3 Å². The summed E-state index contributed by atoms with van der Waals surface area (Å²) in [5.41, 5.74) is -0.0410. The molecule has 104 valence electrons. The molecule has 0 spiro atoms. The molecule has 0 bridgehead atoms. The third kappa shape index (κ3) is 2.23. The number of rotatable bonds is 2. The lowest BCUT2D eigenvalue weighted by molar-refractivity contribution is 0.0699. The van der Waals surface area contributed by atoms with Crippen molar-refractivity contribution in [1.29, 1.82) is 0 Å². The molecule has 0 saturated heterocycles. The van der Waals surface area contributed by atoms with E-state index in [1.54, 1.807) is 24.3 Å². The number of pyridine rings is 1. The third-order valence-electron chi connectivity index (χ3n) is 3.17. The lowest BCUT2D eigenvalue weighted by Crippen LogP contribution is -2.01. The summed E-state index contributed by atoms with van der Waals surface area (Å²) >= 11 is 0. The summed E-state index contributed by atoms with van der Waals surface area (Å²) in [6, 6.07) is 11.2. The average molecular weight is 285 g/mol. The van der Waals surface area contributed by atoms with Crippen molar-refractivity contribution in [1.82, 2.24) is 4.98 Å². The van der Waals surface area contributed by atoms with E-state index in [4.69, 9.17) is 0 Å².